The van der Waals surface area contributed by atoms with Crippen LogP contribution >= 0.6 is 0 Å². The highest BCUT2D eigenvalue weighted by molar-refractivity contribution is 6.09. The number of likely N-dealkylation sites (tertiary alicyclic amines) is 1. The molecule has 0 N–H and O–H groups in total. The molecule has 32 heavy (non-hydrogen) atoms. The molecule has 7 atom stereocenters. The number of ether oxygens (including phenoxy) is 1. The predicted octanol–water partition coefficient (Wildman–Crippen LogP) is 3.11. The zero-order valence-corrected chi connectivity index (χ0v) is 18.9. The van der Waals surface area contributed by atoms with Crippen LogP contribution in [0, 0.1) is 55.3 Å². The number of esters is 1. The molecular formula is C26H29NO5. The van der Waals surface area contributed by atoms with E-state index in [1.54, 1.807) is 26.0 Å². The minimum absolute atomic E-state index is 0.103. The summed E-state index contributed by atoms with van der Waals surface area (Å²) < 4.78 is 5.36. The van der Waals surface area contributed by atoms with E-state index in [-0.39, 0.29) is 47.2 Å². The maximum atomic E-state index is 13.4. The Kier molecular flexibility index (Phi) is 4.88. The average molecular weight is 436 g/mol. The summed E-state index contributed by atoms with van der Waals surface area (Å²) in [5, 5.41) is 0. The normalized spacial score (nSPS) is 32.7. The van der Waals surface area contributed by atoms with Crippen LogP contribution in [0.2, 0.25) is 0 Å². The van der Waals surface area contributed by atoms with Crippen LogP contribution in [0.1, 0.15) is 41.8 Å². The molecule has 1 aromatic rings. The molecule has 0 unspecified atom stereocenters. The monoisotopic (exact) mass is 435 g/mol. The van der Waals surface area contributed by atoms with Crippen LogP contribution in [0.5, 0.6) is 0 Å². The standard InChI is InChI=1S/C26H29NO5/c1-12(2)23(26(31)32-11-20(28)15-6-5-13(3)14(4)9-15)27-24(29)21-16-7-8-17(19-10-18(16)19)22(21)25(27)30/h5-9,12,16-19,21-23H,10-11H2,1-4H3/t16-,17-,18-,19-,21+,22+,23-/m1/s1. The molecule has 3 fully saturated rings. The van der Waals surface area contributed by atoms with Gasteiger partial charge in [-0.05, 0) is 67.1 Å². The van der Waals surface area contributed by atoms with Crippen LogP contribution in [-0.2, 0) is 19.1 Å². The molecule has 2 saturated carbocycles. The first kappa shape index (κ1) is 21.1. The Balaban J connectivity index is 1.32. The third-order valence-electron chi connectivity index (χ3n) is 8.02. The van der Waals surface area contributed by atoms with E-state index in [1.165, 1.54) is 4.90 Å². The molecule has 1 heterocycles. The van der Waals surface area contributed by atoms with Gasteiger partial charge in [-0.15, -0.1) is 0 Å². The highest BCUT2D eigenvalue weighted by Crippen LogP contribution is 2.65. The van der Waals surface area contributed by atoms with Crippen molar-refractivity contribution in [1.29, 1.82) is 0 Å². The lowest BCUT2D eigenvalue weighted by Crippen LogP contribution is -2.49. The minimum Gasteiger partial charge on any atom is -0.456 e. The van der Waals surface area contributed by atoms with Gasteiger partial charge >= 0.3 is 5.97 Å². The van der Waals surface area contributed by atoms with Crippen LogP contribution in [0.4, 0.5) is 0 Å². The fourth-order valence-corrected chi connectivity index (χ4v) is 6.15. The van der Waals surface area contributed by atoms with Gasteiger partial charge < -0.3 is 4.74 Å². The number of aryl methyl sites for hydroxylation is 2. The third-order valence-corrected chi connectivity index (χ3v) is 8.02. The molecule has 2 bridgehead atoms. The van der Waals surface area contributed by atoms with Crippen molar-refractivity contribution in [1.82, 2.24) is 4.90 Å². The molecule has 0 radical (unpaired) electrons. The average Bonchev–Trinajstić information content (AvgIpc) is 3.54. The first-order chi connectivity index (χ1) is 15.2. The van der Waals surface area contributed by atoms with Crippen molar-refractivity contribution in [2.45, 2.75) is 40.2 Å². The number of rotatable bonds is 6. The van der Waals surface area contributed by atoms with E-state index in [4.69, 9.17) is 4.74 Å². The van der Waals surface area contributed by atoms with Crippen molar-refractivity contribution in [3.05, 3.63) is 47.0 Å². The second-order valence-electron chi connectivity index (χ2n) is 10.2. The molecule has 6 nitrogen and oxygen atoms in total. The van der Waals surface area contributed by atoms with Crippen molar-refractivity contribution in [3.8, 4) is 0 Å². The number of allylic oxidation sites excluding steroid dienone is 2. The van der Waals surface area contributed by atoms with E-state index in [2.05, 4.69) is 12.2 Å². The van der Waals surface area contributed by atoms with Gasteiger partial charge in [0.2, 0.25) is 11.8 Å². The van der Waals surface area contributed by atoms with E-state index >= 15 is 0 Å². The van der Waals surface area contributed by atoms with E-state index in [0.717, 1.165) is 17.5 Å². The Labute approximate surface area is 188 Å². The molecule has 1 aliphatic heterocycles. The Hall–Kier alpha value is -2.76. The van der Waals surface area contributed by atoms with Crippen molar-refractivity contribution < 1.29 is 23.9 Å². The van der Waals surface area contributed by atoms with Crippen LogP contribution in [-0.4, -0.2) is 41.1 Å². The topological polar surface area (TPSA) is 80.8 Å². The molecule has 1 saturated heterocycles. The summed E-state index contributed by atoms with van der Waals surface area (Å²) in [4.78, 5) is 53.5. The predicted molar refractivity (Wildman–Crippen MR) is 116 cm³/mol. The summed E-state index contributed by atoms with van der Waals surface area (Å²) in [6, 6.07) is 4.34. The number of carbonyl (C=O) groups is 4. The number of hydrogen-bond donors (Lipinski definition) is 0. The third kappa shape index (κ3) is 3.06. The highest BCUT2D eigenvalue weighted by atomic mass is 16.5. The zero-order valence-electron chi connectivity index (χ0n) is 18.9. The lowest BCUT2D eigenvalue weighted by atomic mass is 9.63. The summed E-state index contributed by atoms with van der Waals surface area (Å²) in [5.74, 6) is -1.31. The second-order valence-corrected chi connectivity index (χ2v) is 10.2. The molecule has 0 aromatic heterocycles. The number of carbonyl (C=O) groups excluding carboxylic acids is 4. The second kappa shape index (κ2) is 7.39. The Morgan fingerprint density at radius 1 is 1.00 bits per heavy atom. The van der Waals surface area contributed by atoms with Gasteiger partial charge in [-0.2, -0.15) is 0 Å². The van der Waals surface area contributed by atoms with Crippen molar-refractivity contribution in [2.75, 3.05) is 6.61 Å². The van der Waals surface area contributed by atoms with Gasteiger partial charge in [0.1, 0.15) is 6.04 Å². The van der Waals surface area contributed by atoms with E-state index in [0.29, 0.717) is 17.4 Å². The zero-order chi connectivity index (χ0) is 22.9. The fourth-order valence-electron chi connectivity index (χ4n) is 6.15. The molecular weight excluding hydrogens is 406 g/mol. The Bertz CT molecular complexity index is 1020. The summed E-state index contributed by atoms with van der Waals surface area (Å²) >= 11 is 0. The number of imide groups is 1. The smallest absolute Gasteiger partial charge is 0.330 e. The highest BCUT2D eigenvalue weighted by Gasteiger charge is 2.68. The van der Waals surface area contributed by atoms with Gasteiger partial charge in [-0.3, -0.25) is 19.3 Å². The quantitative estimate of drug-likeness (QED) is 0.297. The molecule has 6 rings (SSSR count). The molecule has 6 heteroatoms. The van der Waals surface area contributed by atoms with Crippen LogP contribution in [0.15, 0.2) is 30.4 Å². The fraction of sp³-hybridized carbons (Fsp3) is 0.538. The number of Topliss-reactive ketones (excluding diaryl/α,β-unsaturated/α-hetero) is 1. The van der Waals surface area contributed by atoms with Crippen molar-refractivity contribution in [3.63, 3.8) is 0 Å². The number of nitrogens with zero attached hydrogens (tertiary/aromatic N) is 1. The first-order valence-electron chi connectivity index (χ1n) is 11.5. The Morgan fingerprint density at radius 2 is 1.59 bits per heavy atom. The number of ketones is 1. The maximum Gasteiger partial charge on any atom is 0.330 e. The molecule has 5 aliphatic rings. The van der Waals surface area contributed by atoms with Crippen LogP contribution < -0.4 is 0 Å². The first-order valence-corrected chi connectivity index (χ1v) is 11.5. The SMILES string of the molecule is Cc1ccc(C(=O)COC(=O)[C@@H](C(C)C)N2C(=O)[C@H]3[C@@H]4C=C[C@H]([C@H]5C[C@H]45)[C@@H]3C2=O)cc1C. The summed E-state index contributed by atoms with van der Waals surface area (Å²) in [7, 11) is 0. The van der Waals surface area contributed by atoms with Gasteiger partial charge in [0.25, 0.3) is 0 Å². The van der Waals surface area contributed by atoms with Crippen LogP contribution in [0.25, 0.3) is 0 Å². The number of amides is 2. The molecule has 1 aromatic carbocycles. The summed E-state index contributed by atoms with van der Waals surface area (Å²) in [6.45, 7) is 7.06. The van der Waals surface area contributed by atoms with E-state index < -0.39 is 18.6 Å². The largest absolute Gasteiger partial charge is 0.456 e. The molecule has 168 valence electrons. The van der Waals surface area contributed by atoms with Gasteiger partial charge in [-0.1, -0.05) is 38.1 Å². The molecule has 0 spiro atoms. The van der Waals surface area contributed by atoms with Crippen molar-refractivity contribution in [2.24, 2.45) is 41.4 Å². The molecule has 2 amide bonds. The Morgan fingerprint density at radius 3 is 2.12 bits per heavy atom. The number of benzene rings is 1. The van der Waals surface area contributed by atoms with Gasteiger partial charge in [0, 0.05) is 5.56 Å². The maximum absolute atomic E-state index is 13.4. The minimum atomic E-state index is -1.01. The van der Waals surface area contributed by atoms with Crippen LogP contribution in [0.3, 0.4) is 0 Å². The van der Waals surface area contributed by atoms with E-state index in [9.17, 15) is 19.2 Å². The van der Waals surface area contributed by atoms with Gasteiger partial charge in [-0.25, -0.2) is 4.79 Å². The van der Waals surface area contributed by atoms with Gasteiger partial charge in [0.05, 0.1) is 11.8 Å². The summed E-state index contributed by atoms with van der Waals surface area (Å²) in [5.41, 5.74) is 2.54. The lowest BCUT2D eigenvalue weighted by Gasteiger charge is -2.37. The summed E-state index contributed by atoms with van der Waals surface area (Å²) in [6.07, 6.45) is 5.31. The number of hydrogen-bond acceptors (Lipinski definition) is 5. The van der Waals surface area contributed by atoms with Crippen molar-refractivity contribution >= 4 is 23.6 Å². The molecule has 4 aliphatic carbocycles. The van der Waals surface area contributed by atoms with E-state index in [1.807, 2.05) is 19.9 Å². The van der Waals surface area contributed by atoms with Gasteiger partial charge in [0.15, 0.2) is 12.4 Å². The lowest BCUT2D eigenvalue weighted by molar-refractivity contribution is -0.160.